The average Bonchev–Trinajstić information content (AvgIpc) is 3.25. The smallest absolute Gasteiger partial charge is 0.227 e. The molecule has 0 atom stereocenters. The lowest BCUT2D eigenvalue weighted by molar-refractivity contribution is -0.121. The molecule has 0 saturated carbocycles. The van der Waals surface area contributed by atoms with Crippen LogP contribution in [0.1, 0.15) is 36.5 Å². The van der Waals surface area contributed by atoms with E-state index in [0.717, 1.165) is 22.4 Å². The number of methoxy groups -OCH3 is 1. The Hall–Kier alpha value is -3.07. The number of carbonyl (C=O) groups excluding carboxylic acids is 2. The zero-order valence-corrected chi connectivity index (χ0v) is 19.7. The van der Waals surface area contributed by atoms with E-state index in [-0.39, 0.29) is 35.4 Å². The molecule has 0 spiro atoms. The molecule has 33 heavy (non-hydrogen) atoms. The van der Waals surface area contributed by atoms with Gasteiger partial charge in [0.1, 0.15) is 0 Å². The van der Waals surface area contributed by atoms with Crippen molar-refractivity contribution in [2.24, 2.45) is 0 Å². The lowest BCUT2D eigenvalue weighted by Gasteiger charge is -2.25. The minimum absolute atomic E-state index is 0.0960. The van der Waals surface area contributed by atoms with E-state index >= 15 is 0 Å². The van der Waals surface area contributed by atoms with Gasteiger partial charge >= 0.3 is 0 Å². The second-order valence-corrected chi connectivity index (χ2v) is 10.3. The van der Waals surface area contributed by atoms with Crippen molar-refractivity contribution < 1.29 is 27.5 Å². The van der Waals surface area contributed by atoms with Gasteiger partial charge in [0, 0.05) is 25.9 Å². The molecule has 2 aromatic carbocycles. The predicted octanol–water partition coefficient (Wildman–Crippen LogP) is 2.41. The number of ether oxygens (including phenoxy) is 2. The summed E-state index contributed by atoms with van der Waals surface area (Å²) in [6.45, 7) is 3.26. The number of hydrogen-bond acceptors (Lipinski definition) is 6. The monoisotopic (exact) mass is 472 g/mol. The van der Waals surface area contributed by atoms with E-state index in [0.29, 0.717) is 43.9 Å². The zero-order valence-electron chi connectivity index (χ0n) is 18.8. The lowest BCUT2D eigenvalue weighted by atomic mass is 10.00. The van der Waals surface area contributed by atoms with Crippen molar-refractivity contribution in [1.29, 1.82) is 0 Å². The molecule has 0 aliphatic carbocycles. The van der Waals surface area contributed by atoms with Crippen molar-refractivity contribution >= 4 is 27.3 Å². The first-order chi connectivity index (χ1) is 15.8. The van der Waals surface area contributed by atoms with Crippen LogP contribution >= 0.6 is 0 Å². The van der Waals surface area contributed by atoms with Gasteiger partial charge < -0.3 is 19.7 Å². The molecule has 0 saturated heterocycles. The largest absolute Gasteiger partial charge is 0.493 e. The van der Waals surface area contributed by atoms with Crippen molar-refractivity contribution in [2.45, 2.75) is 44.0 Å². The van der Waals surface area contributed by atoms with Gasteiger partial charge in [-0.1, -0.05) is 6.07 Å². The molecule has 0 fully saturated rings. The van der Waals surface area contributed by atoms with E-state index in [1.54, 1.807) is 36.3 Å². The first kappa shape index (κ1) is 23.1. The Labute approximate surface area is 193 Å². The molecule has 4 rings (SSSR count). The van der Waals surface area contributed by atoms with Gasteiger partial charge in [-0.2, -0.15) is 0 Å². The number of amides is 2. The number of carbonyl (C=O) groups is 2. The van der Waals surface area contributed by atoms with Crippen LogP contribution in [0.3, 0.4) is 0 Å². The number of benzene rings is 2. The van der Waals surface area contributed by atoms with Gasteiger partial charge in [0.2, 0.25) is 11.8 Å². The molecule has 0 aromatic heterocycles. The molecule has 0 radical (unpaired) electrons. The summed E-state index contributed by atoms with van der Waals surface area (Å²) in [5, 5.41) is 2.77. The molecular formula is C24H28N2O6S. The van der Waals surface area contributed by atoms with Crippen molar-refractivity contribution in [2.75, 3.05) is 30.9 Å². The van der Waals surface area contributed by atoms with Crippen molar-refractivity contribution in [3.05, 3.63) is 47.0 Å². The SMILES string of the molecule is CCOc1ccc(CNC(=O)CCS(=O)(=O)c2cc3c4c(c2)CCN4C(=O)CC3)cc1OC. The molecule has 176 valence electrons. The fourth-order valence-corrected chi connectivity index (χ4v) is 5.67. The highest BCUT2D eigenvalue weighted by atomic mass is 32.2. The molecule has 9 heteroatoms. The Kier molecular flexibility index (Phi) is 6.60. The summed E-state index contributed by atoms with van der Waals surface area (Å²) in [4.78, 5) is 26.4. The van der Waals surface area contributed by atoms with Gasteiger partial charge in [-0.05, 0) is 60.7 Å². The molecule has 2 heterocycles. The van der Waals surface area contributed by atoms with Gasteiger partial charge in [0.15, 0.2) is 21.3 Å². The van der Waals surface area contributed by atoms with Crippen LogP contribution in [0.25, 0.3) is 0 Å². The molecule has 0 bridgehead atoms. The Morgan fingerprint density at radius 3 is 2.58 bits per heavy atom. The van der Waals surface area contributed by atoms with Gasteiger partial charge in [-0.25, -0.2) is 8.42 Å². The Bertz CT molecular complexity index is 1190. The second-order valence-electron chi connectivity index (χ2n) is 8.15. The van der Waals surface area contributed by atoms with Crippen LogP contribution < -0.4 is 19.7 Å². The fraction of sp³-hybridized carbons (Fsp3) is 0.417. The number of nitrogens with zero attached hydrogens (tertiary/aromatic N) is 1. The minimum atomic E-state index is -3.62. The molecular weight excluding hydrogens is 444 g/mol. The van der Waals surface area contributed by atoms with Crippen LogP contribution in [0.4, 0.5) is 5.69 Å². The zero-order chi connectivity index (χ0) is 23.6. The number of rotatable bonds is 9. The summed E-state index contributed by atoms with van der Waals surface area (Å²) in [6.07, 6.45) is 1.47. The van der Waals surface area contributed by atoms with E-state index < -0.39 is 9.84 Å². The third-order valence-electron chi connectivity index (χ3n) is 6.00. The maximum Gasteiger partial charge on any atom is 0.227 e. The van der Waals surface area contributed by atoms with Gasteiger partial charge in [0.05, 0.1) is 30.1 Å². The topological polar surface area (TPSA) is 102 Å². The van der Waals surface area contributed by atoms with Gasteiger partial charge in [-0.15, -0.1) is 0 Å². The highest BCUT2D eigenvalue weighted by molar-refractivity contribution is 7.91. The quantitative estimate of drug-likeness (QED) is 0.601. The van der Waals surface area contributed by atoms with E-state index in [2.05, 4.69) is 5.32 Å². The average molecular weight is 473 g/mol. The van der Waals surface area contributed by atoms with E-state index in [1.165, 1.54) is 0 Å². The highest BCUT2D eigenvalue weighted by Gasteiger charge is 2.33. The van der Waals surface area contributed by atoms with Crippen molar-refractivity contribution in [1.82, 2.24) is 5.32 Å². The van der Waals surface area contributed by atoms with Gasteiger partial charge in [0.25, 0.3) is 0 Å². The normalized spacial score (nSPS) is 14.7. The first-order valence-electron chi connectivity index (χ1n) is 11.1. The Balaban J connectivity index is 1.37. The molecule has 0 unspecified atom stereocenters. The van der Waals surface area contributed by atoms with Crippen molar-refractivity contribution in [3.8, 4) is 11.5 Å². The van der Waals surface area contributed by atoms with Crippen LogP contribution in [0.5, 0.6) is 11.5 Å². The molecule has 2 aromatic rings. The number of hydrogen-bond donors (Lipinski definition) is 1. The lowest BCUT2D eigenvalue weighted by Crippen LogP contribution is -2.33. The highest BCUT2D eigenvalue weighted by Crippen LogP contribution is 2.38. The van der Waals surface area contributed by atoms with E-state index in [9.17, 15) is 18.0 Å². The van der Waals surface area contributed by atoms with Crippen LogP contribution in [-0.4, -0.2) is 46.2 Å². The molecule has 8 nitrogen and oxygen atoms in total. The number of aryl methyl sites for hydroxylation is 1. The third-order valence-corrected chi connectivity index (χ3v) is 7.70. The minimum Gasteiger partial charge on any atom is -0.493 e. The number of anilines is 1. The van der Waals surface area contributed by atoms with Crippen molar-refractivity contribution in [3.63, 3.8) is 0 Å². The number of sulfone groups is 1. The third kappa shape index (κ3) is 4.83. The van der Waals surface area contributed by atoms with Crippen LogP contribution in [0, 0.1) is 0 Å². The fourth-order valence-electron chi connectivity index (χ4n) is 4.34. The molecule has 2 aliphatic rings. The van der Waals surface area contributed by atoms with Crippen LogP contribution in [0.15, 0.2) is 35.2 Å². The first-order valence-corrected chi connectivity index (χ1v) is 12.7. The van der Waals surface area contributed by atoms with E-state index in [4.69, 9.17) is 9.47 Å². The Morgan fingerprint density at radius 2 is 1.85 bits per heavy atom. The number of nitrogens with one attached hydrogen (secondary N) is 1. The second kappa shape index (κ2) is 9.43. The van der Waals surface area contributed by atoms with Gasteiger partial charge in [-0.3, -0.25) is 9.59 Å². The maximum atomic E-state index is 12.9. The standard InChI is InChI=1S/C24H28N2O6S/c1-3-32-20-6-4-16(12-21(20)31-2)15-25-22(27)9-11-33(29,30)19-13-17-5-7-23(28)26-10-8-18(14-19)24(17)26/h4,6,12-14H,3,5,7-11,15H2,1-2H3,(H,25,27). The maximum absolute atomic E-state index is 12.9. The molecule has 1 N–H and O–H groups in total. The summed E-state index contributed by atoms with van der Waals surface area (Å²) in [5.41, 5.74) is 3.50. The summed E-state index contributed by atoms with van der Waals surface area (Å²) in [6, 6.07) is 8.73. The molecule has 2 amide bonds. The summed E-state index contributed by atoms with van der Waals surface area (Å²) >= 11 is 0. The summed E-state index contributed by atoms with van der Waals surface area (Å²) < 4.78 is 36.7. The van der Waals surface area contributed by atoms with E-state index in [1.807, 2.05) is 13.0 Å². The summed E-state index contributed by atoms with van der Waals surface area (Å²) in [5.74, 6) is 0.685. The summed E-state index contributed by atoms with van der Waals surface area (Å²) in [7, 11) is -2.07. The van der Waals surface area contributed by atoms with Crippen LogP contribution in [-0.2, 0) is 38.8 Å². The molecule has 2 aliphatic heterocycles. The Morgan fingerprint density at radius 1 is 1.09 bits per heavy atom. The predicted molar refractivity (Wildman–Crippen MR) is 123 cm³/mol. The van der Waals surface area contributed by atoms with Crippen LogP contribution in [0.2, 0.25) is 0 Å².